The van der Waals surface area contributed by atoms with Crippen molar-refractivity contribution in [1.82, 2.24) is 4.90 Å². The zero-order chi connectivity index (χ0) is 7.11. The highest BCUT2D eigenvalue weighted by Crippen LogP contribution is 2.01. The fourth-order valence-electron chi connectivity index (χ4n) is 0.744. The molecule has 0 atom stereocenters. The van der Waals surface area contributed by atoms with Crippen molar-refractivity contribution in [3.63, 3.8) is 0 Å². The van der Waals surface area contributed by atoms with Crippen LogP contribution in [0.1, 0.15) is 32.6 Å². The number of rotatable bonds is 5. The first-order valence-electron chi connectivity index (χ1n) is 3.77. The van der Waals surface area contributed by atoms with Crippen LogP contribution in [0.4, 0.5) is 0 Å². The van der Waals surface area contributed by atoms with Crippen LogP contribution in [0.25, 0.3) is 0 Å². The molecule has 0 unspecified atom stereocenters. The molecule has 0 N–H and O–H groups in total. The lowest BCUT2D eigenvalue weighted by Crippen LogP contribution is -2.06. The largest absolute Gasteiger partial charge is 0.305 e. The SMILES string of the molecule is CCCCC[CH]N(C)C. The Kier molecular flexibility index (Phi) is 6.06. The van der Waals surface area contributed by atoms with E-state index >= 15 is 0 Å². The number of unbranched alkanes of at least 4 members (excludes halogenated alkanes) is 3. The first-order valence-corrected chi connectivity index (χ1v) is 3.77. The molecule has 0 aliphatic rings. The highest BCUT2D eigenvalue weighted by molar-refractivity contribution is 4.59. The lowest BCUT2D eigenvalue weighted by Gasteiger charge is -2.06. The van der Waals surface area contributed by atoms with Gasteiger partial charge in [0.05, 0.1) is 0 Å². The molecule has 0 heterocycles. The molecule has 0 aliphatic carbocycles. The summed E-state index contributed by atoms with van der Waals surface area (Å²) in [7, 11) is 4.15. The molecule has 55 valence electrons. The summed E-state index contributed by atoms with van der Waals surface area (Å²) in [5.41, 5.74) is 0. The van der Waals surface area contributed by atoms with Crippen molar-refractivity contribution in [2.45, 2.75) is 32.6 Å². The van der Waals surface area contributed by atoms with Crippen molar-refractivity contribution in [1.29, 1.82) is 0 Å². The van der Waals surface area contributed by atoms with E-state index in [-0.39, 0.29) is 0 Å². The van der Waals surface area contributed by atoms with Gasteiger partial charge >= 0.3 is 0 Å². The molecule has 0 aliphatic heterocycles. The monoisotopic (exact) mass is 128 g/mol. The lowest BCUT2D eigenvalue weighted by molar-refractivity contribution is 0.465. The second kappa shape index (κ2) is 6.09. The molecule has 0 amide bonds. The molecule has 1 heteroatoms. The molecule has 1 nitrogen and oxygen atoms in total. The molecule has 1 radical (unpaired) electrons. The van der Waals surface area contributed by atoms with Gasteiger partial charge in [0.25, 0.3) is 0 Å². The summed E-state index contributed by atoms with van der Waals surface area (Å²) in [6, 6.07) is 0. The van der Waals surface area contributed by atoms with Gasteiger partial charge in [0, 0.05) is 6.54 Å². The maximum absolute atomic E-state index is 2.23. The van der Waals surface area contributed by atoms with E-state index in [1.165, 1.54) is 25.7 Å². The van der Waals surface area contributed by atoms with Gasteiger partial charge in [-0.25, -0.2) is 0 Å². The Morgan fingerprint density at radius 1 is 1.22 bits per heavy atom. The maximum atomic E-state index is 2.23. The van der Waals surface area contributed by atoms with Gasteiger partial charge in [-0.3, -0.25) is 0 Å². The third-order valence-electron chi connectivity index (χ3n) is 1.30. The third kappa shape index (κ3) is 7.96. The first-order chi connectivity index (χ1) is 4.27. The van der Waals surface area contributed by atoms with Gasteiger partial charge in [-0.2, -0.15) is 0 Å². The van der Waals surface area contributed by atoms with Crippen LogP contribution in [0.2, 0.25) is 0 Å². The Hall–Kier alpha value is -0.0400. The summed E-state index contributed by atoms with van der Waals surface area (Å²) in [5.74, 6) is 0. The van der Waals surface area contributed by atoms with Crippen LogP contribution in [0.3, 0.4) is 0 Å². The quantitative estimate of drug-likeness (QED) is 0.513. The minimum absolute atomic E-state index is 1.24. The Morgan fingerprint density at radius 3 is 2.33 bits per heavy atom. The third-order valence-corrected chi connectivity index (χ3v) is 1.30. The van der Waals surface area contributed by atoms with Crippen molar-refractivity contribution in [2.24, 2.45) is 0 Å². The van der Waals surface area contributed by atoms with Crippen molar-refractivity contribution in [2.75, 3.05) is 14.1 Å². The van der Waals surface area contributed by atoms with E-state index < -0.39 is 0 Å². The van der Waals surface area contributed by atoms with Crippen LogP contribution in [-0.2, 0) is 0 Å². The molecular weight excluding hydrogens is 110 g/mol. The average Bonchev–Trinajstić information content (AvgIpc) is 1.80. The summed E-state index contributed by atoms with van der Waals surface area (Å²) < 4.78 is 0. The fourth-order valence-corrected chi connectivity index (χ4v) is 0.744. The van der Waals surface area contributed by atoms with E-state index in [1.54, 1.807) is 0 Å². The van der Waals surface area contributed by atoms with Crippen LogP contribution in [-0.4, -0.2) is 19.0 Å². The molecule has 9 heavy (non-hydrogen) atoms. The molecule has 0 aromatic carbocycles. The van der Waals surface area contributed by atoms with E-state index in [9.17, 15) is 0 Å². The average molecular weight is 128 g/mol. The Morgan fingerprint density at radius 2 is 1.89 bits per heavy atom. The summed E-state index contributed by atoms with van der Waals surface area (Å²) in [4.78, 5) is 2.12. The van der Waals surface area contributed by atoms with E-state index in [0.717, 1.165) is 0 Å². The lowest BCUT2D eigenvalue weighted by atomic mass is 10.2. The van der Waals surface area contributed by atoms with Gasteiger partial charge in [-0.15, -0.1) is 0 Å². The van der Waals surface area contributed by atoms with Gasteiger partial charge in [-0.1, -0.05) is 26.2 Å². The van der Waals surface area contributed by atoms with Gasteiger partial charge in [0.15, 0.2) is 0 Å². The van der Waals surface area contributed by atoms with E-state index in [4.69, 9.17) is 0 Å². The fraction of sp³-hybridized carbons (Fsp3) is 0.875. The van der Waals surface area contributed by atoms with Gasteiger partial charge in [0.2, 0.25) is 0 Å². The first kappa shape index (κ1) is 8.96. The Bertz CT molecular complexity index is 50.5. The van der Waals surface area contributed by atoms with Crippen molar-refractivity contribution in [3.05, 3.63) is 6.54 Å². The molecule has 0 aromatic rings. The summed E-state index contributed by atoms with van der Waals surface area (Å²) in [6.45, 7) is 4.46. The van der Waals surface area contributed by atoms with Crippen LogP contribution >= 0.6 is 0 Å². The zero-order valence-electron chi connectivity index (χ0n) is 6.85. The molecular formula is C8H18N. The minimum Gasteiger partial charge on any atom is -0.305 e. The van der Waals surface area contributed by atoms with Gasteiger partial charge in [-0.05, 0) is 20.5 Å². The molecule has 0 rings (SSSR count). The molecule has 0 fully saturated rings. The predicted octanol–water partition coefficient (Wildman–Crippen LogP) is 2.29. The van der Waals surface area contributed by atoms with Crippen molar-refractivity contribution < 1.29 is 0 Å². The molecule has 0 saturated heterocycles. The van der Waals surface area contributed by atoms with Crippen LogP contribution < -0.4 is 0 Å². The Labute approximate surface area is 59.1 Å². The highest BCUT2D eigenvalue weighted by atomic mass is 15.0. The van der Waals surface area contributed by atoms with Crippen LogP contribution in [0.5, 0.6) is 0 Å². The molecule has 0 spiro atoms. The highest BCUT2D eigenvalue weighted by Gasteiger charge is 1.89. The molecule has 0 saturated carbocycles. The van der Waals surface area contributed by atoms with E-state index in [0.29, 0.717) is 0 Å². The normalized spacial score (nSPS) is 10.7. The van der Waals surface area contributed by atoms with Gasteiger partial charge < -0.3 is 4.90 Å². The standard InChI is InChI=1S/C8H18N/c1-4-5-6-7-8-9(2)3/h8H,4-7H2,1-3H3. The molecule has 0 bridgehead atoms. The van der Waals surface area contributed by atoms with E-state index in [1.807, 2.05) is 0 Å². The van der Waals surface area contributed by atoms with Crippen molar-refractivity contribution in [3.8, 4) is 0 Å². The summed E-state index contributed by atoms with van der Waals surface area (Å²) in [6.07, 6.45) is 5.27. The van der Waals surface area contributed by atoms with Crippen LogP contribution in [0.15, 0.2) is 0 Å². The van der Waals surface area contributed by atoms with Gasteiger partial charge in [0.1, 0.15) is 0 Å². The van der Waals surface area contributed by atoms with E-state index in [2.05, 4.69) is 32.5 Å². The van der Waals surface area contributed by atoms with Crippen molar-refractivity contribution >= 4 is 0 Å². The van der Waals surface area contributed by atoms with Crippen LogP contribution in [0, 0.1) is 6.54 Å². The number of hydrogen-bond acceptors (Lipinski definition) is 1. The number of hydrogen-bond donors (Lipinski definition) is 0. The second-order valence-electron chi connectivity index (χ2n) is 2.64. The maximum Gasteiger partial charge on any atom is 0.0245 e. The Balaban J connectivity index is 2.75. The predicted molar refractivity (Wildman–Crippen MR) is 42.1 cm³/mol. The second-order valence-corrected chi connectivity index (χ2v) is 2.64. The zero-order valence-corrected chi connectivity index (χ0v) is 6.85. The number of nitrogens with zero attached hydrogens (tertiary/aromatic N) is 1. The summed E-state index contributed by atoms with van der Waals surface area (Å²) in [5, 5.41) is 0. The summed E-state index contributed by atoms with van der Waals surface area (Å²) >= 11 is 0. The molecule has 0 aromatic heterocycles. The minimum atomic E-state index is 1.24. The topological polar surface area (TPSA) is 3.24 Å². The smallest absolute Gasteiger partial charge is 0.0245 e.